The first kappa shape index (κ1) is 21.7. The molecule has 2 amide bonds. The smallest absolute Gasteiger partial charge is 0.253 e. The van der Waals surface area contributed by atoms with Gasteiger partial charge in [0.15, 0.2) is 5.58 Å². The topological polar surface area (TPSA) is 75.4 Å². The summed E-state index contributed by atoms with van der Waals surface area (Å²) < 4.78 is 5.84. The minimum absolute atomic E-state index is 0. The van der Waals surface area contributed by atoms with E-state index in [2.05, 4.69) is 10.3 Å². The summed E-state index contributed by atoms with van der Waals surface area (Å²) in [5, 5.41) is 3.27. The molecule has 2 aliphatic rings. The van der Waals surface area contributed by atoms with E-state index in [4.69, 9.17) is 4.42 Å². The third-order valence-corrected chi connectivity index (χ3v) is 7.26. The van der Waals surface area contributed by atoms with Crippen molar-refractivity contribution in [2.45, 2.75) is 63.5 Å². The summed E-state index contributed by atoms with van der Waals surface area (Å²) in [6.07, 6.45) is 8.16. The molecule has 1 aromatic heterocycles. The molecule has 0 aliphatic heterocycles. The molecule has 1 heterocycles. The molecule has 2 aliphatic carbocycles. The minimum Gasteiger partial charge on any atom is -0.436 e. The third-order valence-electron chi connectivity index (χ3n) is 7.26. The molecule has 2 aromatic carbocycles. The molecule has 33 heavy (non-hydrogen) atoms. The number of oxazole rings is 1. The van der Waals surface area contributed by atoms with Gasteiger partial charge in [0.1, 0.15) is 5.52 Å². The monoisotopic (exact) mass is 447 g/mol. The fraction of sp³-hybridized carbons (Fsp3) is 0.444. The highest BCUT2D eigenvalue weighted by Gasteiger charge is 2.31. The van der Waals surface area contributed by atoms with Gasteiger partial charge in [-0.2, -0.15) is 0 Å². The third kappa shape index (κ3) is 4.65. The predicted molar refractivity (Wildman–Crippen MR) is 130 cm³/mol. The highest BCUT2D eigenvalue weighted by atomic mass is 16.3. The molecule has 0 bridgehead atoms. The summed E-state index contributed by atoms with van der Waals surface area (Å²) in [7, 11) is 1.88. The van der Waals surface area contributed by atoms with Crippen LogP contribution in [0.4, 0.5) is 0 Å². The highest BCUT2D eigenvalue weighted by molar-refractivity contribution is 5.94. The zero-order chi connectivity index (χ0) is 22.8. The second kappa shape index (κ2) is 9.38. The van der Waals surface area contributed by atoms with Crippen LogP contribution in [0.25, 0.3) is 22.6 Å². The van der Waals surface area contributed by atoms with E-state index in [-0.39, 0.29) is 31.2 Å². The molecule has 3 aromatic rings. The van der Waals surface area contributed by atoms with Crippen LogP contribution in [-0.2, 0) is 4.79 Å². The number of benzene rings is 2. The number of nitrogens with zero attached hydrogens (tertiary/aromatic N) is 2. The van der Waals surface area contributed by atoms with Crippen LogP contribution in [0, 0.1) is 5.92 Å². The zero-order valence-corrected chi connectivity index (χ0v) is 19.1. The summed E-state index contributed by atoms with van der Waals surface area (Å²) in [6.45, 7) is 0. The van der Waals surface area contributed by atoms with Gasteiger partial charge in [0, 0.05) is 37.6 Å². The molecule has 2 atom stereocenters. The van der Waals surface area contributed by atoms with Crippen molar-refractivity contribution in [3.63, 3.8) is 0 Å². The van der Waals surface area contributed by atoms with Gasteiger partial charge in [0.2, 0.25) is 11.8 Å². The first-order valence-corrected chi connectivity index (χ1v) is 12.1. The Labute approximate surface area is 195 Å². The van der Waals surface area contributed by atoms with Gasteiger partial charge in [-0.1, -0.05) is 25.0 Å². The van der Waals surface area contributed by atoms with Crippen LogP contribution in [0.1, 0.15) is 63.2 Å². The lowest BCUT2D eigenvalue weighted by Crippen LogP contribution is -2.47. The quantitative estimate of drug-likeness (QED) is 0.566. The van der Waals surface area contributed by atoms with E-state index < -0.39 is 0 Å². The minimum atomic E-state index is 0. The summed E-state index contributed by atoms with van der Waals surface area (Å²) in [5.74, 6) is 0.954. The number of hydrogen-bond acceptors (Lipinski definition) is 4. The van der Waals surface area contributed by atoms with Crippen LogP contribution < -0.4 is 5.32 Å². The van der Waals surface area contributed by atoms with Crippen molar-refractivity contribution in [2.75, 3.05) is 7.05 Å². The standard InChI is InChI=1S/C27H31N3O3.H2/c1-30(22-10-6-9-21(17-22)28-25(31)18-7-2-3-8-18)27(32)20-15-13-19(14-16-20)26-29-23-11-4-5-12-24(23)33-26;/h4-5,11-16,18,21-22H,2-3,6-10,17H2,1H3,(H,28,31);1H/t21-,22+;/m0./s1. The fourth-order valence-electron chi connectivity index (χ4n) is 5.27. The number of carbonyl (C=O) groups excluding carboxylic acids is 2. The van der Waals surface area contributed by atoms with E-state index in [0.717, 1.165) is 68.0 Å². The van der Waals surface area contributed by atoms with E-state index in [9.17, 15) is 9.59 Å². The van der Waals surface area contributed by atoms with Gasteiger partial charge in [0.25, 0.3) is 5.91 Å². The molecule has 2 fully saturated rings. The summed E-state index contributed by atoms with van der Waals surface area (Å²) in [6, 6.07) is 15.4. The van der Waals surface area contributed by atoms with Crippen molar-refractivity contribution < 1.29 is 15.4 Å². The lowest BCUT2D eigenvalue weighted by molar-refractivity contribution is -0.125. The van der Waals surface area contributed by atoms with Crippen molar-refractivity contribution >= 4 is 22.9 Å². The van der Waals surface area contributed by atoms with Crippen LogP contribution in [0.15, 0.2) is 52.9 Å². The van der Waals surface area contributed by atoms with Crippen molar-refractivity contribution in [1.29, 1.82) is 0 Å². The molecule has 174 valence electrons. The first-order chi connectivity index (χ1) is 16.1. The van der Waals surface area contributed by atoms with E-state index in [1.54, 1.807) is 0 Å². The Morgan fingerprint density at radius 1 is 1.00 bits per heavy atom. The van der Waals surface area contributed by atoms with E-state index in [0.29, 0.717) is 11.5 Å². The van der Waals surface area contributed by atoms with Gasteiger partial charge in [0.05, 0.1) is 0 Å². The normalized spacial score (nSPS) is 21.2. The number of carbonyl (C=O) groups is 2. The first-order valence-electron chi connectivity index (χ1n) is 12.1. The van der Waals surface area contributed by atoms with Gasteiger partial charge >= 0.3 is 0 Å². The summed E-state index contributed by atoms with van der Waals surface area (Å²) >= 11 is 0. The second-order valence-electron chi connectivity index (χ2n) is 9.49. The Balaban J connectivity index is 0.00000274. The van der Waals surface area contributed by atoms with E-state index in [1.807, 2.05) is 60.5 Å². The SMILES string of the molecule is CN(C(=O)c1ccc(-c2nc3ccccc3o2)cc1)[C@@H]1CCC[C@H](NC(=O)C2CCCC2)C1.[HH]. The Hall–Kier alpha value is -3.15. The number of hydrogen-bond donors (Lipinski definition) is 1. The van der Waals surface area contributed by atoms with Crippen molar-refractivity contribution in [3.8, 4) is 11.5 Å². The van der Waals surface area contributed by atoms with E-state index >= 15 is 0 Å². The maximum atomic E-state index is 13.2. The van der Waals surface area contributed by atoms with Crippen LogP contribution in [-0.4, -0.2) is 40.8 Å². The Kier molecular flexibility index (Phi) is 6.16. The van der Waals surface area contributed by atoms with Gasteiger partial charge in [-0.15, -0.1) is 0 Å². The maximum absolute atomic E-state index is 13.2. The number of fused-ring (bicyclic) bond motifs is 1. The van der Waals surface area contributed by atoms with Crippen molar-refractivity contribution in [2.24, 2.45) is 5.92 Å². The average Bonchev–Trinajstić information content (AvgIpc) is 3.54. The van der Waals surface area contributed by atoms with Crippen LogP contribution in [0.2, 0.25) is 0 Å². The van der Waals surface area contributed by atoms with E-state index in [1.165, 1.54) is 0 Å². The van der Waals surface area contributed by atoms with Gasteiger partial charge < -0.3 is 14.6 Å². The van der Waals surface area contributed by atoms with Gasteiger partial charge in [-0.3, -0.25) is 9.59 Å². The van der Waals surface area contributed by atoms with Gasteiger partial charge in [-0.25, -0.2) is 4.98 Å². The predicted octanol–water partition coefficient (Wildman–Crippen LogP) is 5.43. The molecule has 5 rings (SSSR count). The number of nitrogens with one attached hydrogen (secondary N) is 1. The molecule has 0 radical (unpaired) electrons. The summed E-state index contributed by atoms with van der Waals surface area (Å²) in [4.78, 5) is 32.1. The Morgan fingerprint density at radius 3 is 2.52 bits per heavy atom. The lowest BCUT2D eigenvalue weighted by atomic mass is 9.89. The van der Waals surface area contributed by atoms with Crippen LogP contribution in [0.5, 0.6) is 0 Å². The maximum Gasteiger partial charge on any atom is 0.253 e. The molecular weight excluding hydrogens is 414 g/mol. The number of rotatable bonds is 5. The second-order valence-corrected chi connectivity index (χ2v) is 9.49. The summed E-state index contributed by atoms with van der Waals surface area (Å²) in [5.41, 5.74) is 3.06. The number of aromatic nitrogens is 1. The largest absolute Gasteiger partial charge is 0.436 e. The molecule has 0 spiro atoms. The molecule has 0 saturated heterocycles. The van der Waals surface area contributed by atoms with Crippen LogP contribution in [0.3, 0.4) is 0 Å². The molecule has 0 unspecified atom stereocenters. The zero-order valence-electron chi connectivity index (χ0n) is 19.1. The number of amides is 2. The fourth-order valence-corrected chi connectivity index (χ4v) is 5.27. The Bertz CT molecular complexity index is 1100. The molecule has 2 saturated carbocycles. The number of para-hydroxylation sites is 2. The van der Waals surface area contributed by atoms with Gasteiger partial charge in [-0.05, 0) is 74.9 Å². The molecule has 1 N–H and O–H groups in total. The lowest BCUT2D eigenvalue weighted by Gasteiger charge is -2.36. The molecule has 6 heteroatoms. The molecular formula is C27H33N3O3. The highest BCUT2D eigenvalue weighted by Crippen LogP contribution is 2.28. The molecule has 6 nitrogen and oxygen atoms in total. The average molecular weight is 448 g/mol. The van der Waals surface area contributed by atoms with Crippen molar-refractivity contribution in [3.05, 3.63) is 54.1 Å². The van der Waals surface area contributed by atoms with Crippen LogP contribution >= 0.6 is 0 Å². The van der Waals surface area contributed by atoms with Crippen molar-refractivity contribution in [1.82, 2.24) is 15.2 Å². The Morgan fingerprint density at radius 2 is 1.76 bits per heavy atom.